The zero-order valence-corrected chi connectivity index (χ0v) is 19.0. The van der Waals surface area contributed by atoms with E-state index in [1.54, 1.807) is 17.1 Å². The molecule has 3 aromatic heterocycles. The predicted octanol–water partition coefficient (Wildman–Crippen LogP) is 4.49. The number of furan rings is 1. The van der Waals surface area contributed by atoms with E-state index >= 15 is 0 Å². The van der Waals surface area contributed by atoms with Crippen molar-refractivity contribution in [1.29, 1.82) is 0 Å². The fourth-order valence-corrected chi connectivity index (χ4v) is 5.58. The number of nitrogens with zero attached hydrogens (tertiary/aromatic N) is 3. The van der Waals surface area contributed by atoms with Gasteiger partial charge in [-0.1, -0.05) is 6.42 Å². The van der Waals surface area contributed by atoms with E-state index in [0.29, 0.717) is 19.6 Å². The molecule has 0 radical (unpaired) electrons. The minimum absolute atomic E-state index is 0.0965. The van der Waals surface area contributed by atoms with Gasteiger partial charge in [-0.05, 0) is 43.4 Å². The second kappa shape index (κ2) is 8.22. The zero-order chi connectivity index (χ0) is 24.2. The minimum atomic E-state index is -4.77. The average molecular weight is 486 g/mol. The lowest BCUT2D eigenvalue weighted by Gasteiger charge is -2.43. The van der Waals surface area contributed by atoms with Crippen LogP contribution in [0, 0.1) is 0 Å². The van der Waals surface area contributed by atoms with Gasteiger partial charge >= 0.3 is 6.18 Å². The first-order valence-corrected chi connectivity index (χ1v) is 11.9. The van der Waals surface area contributed by atoms with Gasteiger partial charge in [-0.25, -0.2) is 0 Å². The first-order valence-electron chi connectivity index (χ1n) is 11.9. The number of hydrogen-bond donors (Lipinski definition) is 1. The van der Waals surface area contributed by atoms with E-state index in [1.165, 1.54) is 0 Å². The number of rotatable bonds is 5. The third-order valence-electron chi connectivity index (χ3n) is 7.46. The normalized spacial score (nSPS) is 20.4. The molecule has 1 aliphatic heterocycles. The summed E-state index contributed by atoms with van der Waals surface area (Å²) < 4.78 is 56.1. The highest BCUT2D eigenvalue weighted by Gasteiger charge is 2.52. The Bertz CT molecular complexity index is 1250. The van der Waals surface area contributed by atoms with Crippen LogP contribution in [0.1, 0.15) is 65.1 Å². The van der Waals surface area contributed by atoms with E-state index in [2.05, 4.69) is 15.4 Å². The highest BCUT2D eigenvalue weighted by molar-refractivity contribution is 5.96. The van der Waals surface area contributed by atoms with Crippen LogP contribution in [-0.4, -0.2) is 39.9 Å². The van der Waals surface area contributed by atoms with Crippen LogP contribution in [-0.2, 0) is 29.3 Å². The molecule has 0 bridgehead atoms. The number of amides is 1. The number of aromatic nitrogens is 3. The van der Waals surface area contributed by atoms with Crippen molar-refractivity contribution in [1.82, 2.24) is 20.1 Å². The van der Waals surface area contributed by atoms with Gasteiger partial charge in [0.2, 0.25) is 5.76 Å². The lowest BCUT2D eigenvalue weighted by molar-refractivity contribution is -0.137. The van der Waals surface area contributed by atoms with Crippen LogP contribution in [0.3, 0.4) is 0 Å². The molecule has 1 saturated heterocycles. The van der Waals surface area contributed by atoms with Gasteiger partial charge in [-0.15, -0.1) is 0 Å². The van der Waals surface area contributed by atoms with Gasteiger partial charge in [-0.3, -0.25) is 14.5 Å². The molecule has 4 heterocycles. The number of fused-ring (bicyclic) bond motifs is 4. The van der Waals surface area contributed by atoms with E-state index in [0.717, 1.165) is 43.2 Å². The first kappa shape index (κ1) is 22.3. The van der Waals surface area contributed by atoms with Crippen molar-refractivity contribution in [3.8, 4) is 11.3 Å². The van der Waals surface area contributed by atoms with Gasteiger partial charge in [0.1, 0.15) is 17.0 Å². The second-order valence-corrected chi connectivity index (χ2v) is 9.70. The number of halogens is 3. The molecular formula is C25H25F3N4O3. The number of hydrogen-bond acceptors (Lipinski definition) is 5. The van der Waals surface area contributed by atoms with Crippen LogP contribution in [0.25, 0.3) is 11.3 Å². The number of carbonyl (C=O) groups excluding carboxylic acids is 1. The topological polar surface area (TPSA) is 82.2 Å². The third-order valence-corrected chi connectivity index (χ3v) is 7.46. The van der Waals surface area contributed by atoms with Gasteiger partial charge in [0.05, 0.1) is 18.2 Å². The maximum atomic E-state index is 14.4. The zero-order valence-electron chi connectivity index (χ0n) is 19.0. The van der Waals surface area contributed by atoms with Crippen LogP contribution in [0.2, 0.25) is 0 Å². The van der Waals surface area contributed by atoms with Crippen molar-refractivity contribution in [2.75, 3.05) is 13.2 Å². The summed E-state index contributed by atoms with van der Waals surface area (Å²) in [6.45, 7) is 1.16. The van der Waals surface area contributed by atoms with E-state index in [-0.39, 0.29) is 35.1 Å². The average Bonchev–Trinajstić information content (AvgIpc) is 3.53. The molecule has 3 aromatic rings. The number of carbonyl (C=O) groups is 1. The second-order valence-electron chi connectivity index (χ2n) is 9.70. The molecule has 1 amide bonds. The quantitative estimate of drug-likeness (QED) is 0.575. The summed E-state index contributed by atoms with van der Waals surface area (Å²) in [7, 11) is 0. The molecule has 0 aromatic carbocycles. The Balaban J connectivity index is 1.41. The fourth-order valence-electron chi connectivity index (χ4n) is 5.58. The predicted molar refractivity (Wildman–Crippen MR) is 119 cm³/mol. The highest BCUT2D eigenvalue weighted by atomic mass is 19.4. The van der Waals surface area contributed by atoms with Crippen LogP contribution in [0.5, 0.6) is 0 Å². The Kier molecular flexibility index (Phi) is 5.24. The number of ether oxygens (including phenoxy) is 1. The lowest BCUT2D eigenvalue weighted by Crippen LogP contribution is -2.38. The molecule has 1 N–H and O–H groups in total. The van der Waals surface area contributed by atoms with Gasteiger partial charge in [0.15, 0.2) is 0 Å². The van der Waals surface area contributed by atoms with E-state index in [4.69, 9.17) is 9.15 Å². The van der Waals surface area contributed by atoms with Crippen LogP contribution in [0.15, 0.2) is 35.1 Å². The number of alkyl halides is 3. The summed E-state index contributed by atoms with van der Waals surface area (Å²) in [5.41, 5.74) is 0.588. The summed E-state index contributed by atoms with van der Waals surface area (Å²) in [6, 6.07) is 3.70. The van der Waals surface area contributed by atoms with Crippen molar-refractivity contribution >= 4 is 5.91 Å². The van der Waals surface area contributed by atoms with Gasteiger partial charge in [0.25, 0.3) is 5.91 Å². The molecule has 184 valence electrons. The number of pyridine rings is 1. The molecule has 2 fully saturated rings. The standard InChI is InChI=1S/C25H25F3N4O3/c26-25(27,28)20-19-18(35-22(20)23(33)30-12-16-3-1-10-34-16)11-24(6-2-7-24)17-14-32(31-21(17)19)13-15-4-8-29-9-5-15/h4-5,8-9,14,16H,1-3,6-7,10-13H2,(H,30,33). The Morgan fingerprint density at radius 3 is 2.69 bits per heavy atom. The first-order chi connectivity index (χ1) is 16.8. The van der Waals surface area contributed by atoms with Gasteiger partial charge < -0.3 is 14.5 Å². The molecule has 7 nitrogen and oxygen atoms in total. The molecule has 2 aliphatic carbocycles. The molecule has 3 aliphatic rings. The third kappa shape index (κ3) is 3.84. The molecule has 6 rings (SSSR count). The SMILES string of the molecule is O=C(NCC1CCCO1)c1oc2c(c1C(F)(F)F)-c1nn(Cc3ccncc3)cc1C1(CCC1)C2. The van der Waals surface area contributed by atoms with Crippen molar-refractivity contribution in [2.24, 2.45) is 0 Å². The van der Waals surface area contributed by atoms with E-state index in [1.807, 2.05) is 18.3 Å². The molecular weight excluding hydrogens is 461 g/mol. The molecule has 35 heavy (non-hydrogen) atoms. The van der Waals surface area contributed by atoms with Crippen LogP contribution >= 0.6 is 0 Å². The Morgan fingerprint density at radius 1 is 1.23 bits per heavy atom. The van der Waals surface area contributed by atoms with Crippen LogP contribution in [0.4, 0.5) is 13.2 Å². The largest absolute Gasteiger partial charge is 0.454 e. The van der Waals surface area contributed by atoms with Crippen molar-refractivity contribution < 1.29 is 27.1 Å². The monoisotopic (exact) mass is 486 g/mol. The van der Waals surface area contributed by atoms with E-state index in [9.17, 15) is 18.0 Å². The summed E-state index contributed by atoms with van der Waals surface area (Å²) in [5, 5.41) is 7.19. The molecule has 1 unspecified atom stereocenters. The minimum Gasteiger partial charge on any atom is -0.454 e. The van der Waals surface area contributed by atoms with Crippen molar-refractivity contribution in [3.63, 3.8) is 0 Å². The van der Waals surface area contributed by atoms with E-state index < -0.39 is 23.4 Å². The summed E-state index contributed by atoms with van der Waals surface area (Å²) in [4.78, 5) is 16.9. The summed E-state index contributed by atoms with van der Waals surface area (Å²) >= 11 is 0. The molecule has 1 atom stereocenters. The Hall–Kier alpha value is -3.14. The smallest absolute Gasteiger partial charge is 0.420 e. The molecule has 10 heteroatoms. The lowest BCUT2D eigenvalue weighted by atomic mass is 9.59. The maximum absolute atomic E-state index is 14.4. The van der Waals surface area contributed by atoms with Crippen molar-refractivity contribution in [3.05, 3.63) is 58.9 Å². The Morgan fingerprint density at radius 2 is 2.03 bits per heavy atom. The summed E-state index contributed by atoms with van der Waals surface area (Å²) in [5.74, 6) is -1.37. The van der Waals surface area contributed by atoms with Gasteiger partial charge in [0, 0.05) is 49.1 Å². The van der Waals surface area contributed by atoms with Crippen molar-refractivity contribution in [2.45, 2.75) is 62.8 Å². The Labute approximate surface area is 199 Å². The van der Waals surface area contributed by atoms with Gasteiger partial charge in [-0.2, -0.15) is 18.3 Å². The highest BCUT2D eigenvalue weighted by Crippen LogP contribution is 2.56. The maximum Gasteiger partial charge on any atom is 0.420 e. The fraction of sp³-hybridized carbons (Fsp3) is 0.480. The molecule has 1 spiro atoms. The summed E-state index contributed by atoms with van der Waals surface area (Å²) in [6.07, 6.45) is 4.90. The number of nitrogens with one attached hydrogen (secondary N) is 1. The molecule has 1 saturated carbocycles. The van der Waals surface area contributed by atoms with Crippen LogP contribution < -0.4 is 5.32 Å².